The average Bonchev–Trinajstić information content (AvgIpc) is 2.76. The molecule has 2 N–H and O–H groups in total. The van der Waals surface area contributed by atoms with Gasteiger partial charge in [0.2, 0.25) is 0 Å². The average molecular weight is 154 g/mol. The van der Waals surface area contributed by atoms with Gasteiger partial charge in [-0.05, 0) is 18.3 Å². The van der Waals surface area contributed by atoms with Gasteiger partial charge in [-0.25, -0.2) is 0 Å². The van der Waals surface area contributed by atoms with Crippen molar-refractivity contribution in [3.63, 3.8) is 0 Å². The molecular weight excluding hydrogens is 140 g/mol. The Bertz CT molecular complexity index is 143. The lowest BCUT2D eigenvalue weighted by molar-refractivity contribution is 0.341. The molecule has 0 radical (unpaired) electrons. The lowest BCUT2D eigenvalue weighted by Gasteiger charge is -1.83. The Morgan fingerprint density at radius 1 is 1.00 bits per heavy atom. The lowest BCUT2D eigenvalue weighted by atomic mass is 10.3. The highest BCUT2D eigenvalue weighted by atomic mass is 16.3. The van der Waals surface area contributed by atoms with Gasteiger partial charge in [0.05, 0.1) is 13.2 Å². The zero-order valence-corrected chi connectivity index (χ0v) is 6.48. The van der Waals surface area contributed by atoms with Crippen LogP contribution in [0, 0.1) is 11.8 Å². The summed E-state index contributed by atoms with van der Waals surface area (Å²) in [6, 6.07) is 0. The van der Waals surface area contributed by atoms with E-state index in [0.717, 1.165) is 6.42 Å². The third kappa shape index (κ3) is 2.87. The van der Waals surface area contributed by atoms with Crippen LogP contribution in [-0.2, 0) is 0 Å². The van der Waals surface area contributed by atoms with Gasteiger partial charge < -0.3 is 10.2 Å². The Morgan fingerprint density at radius 2 is 1.45 bits per heavy atom. The van der Waals surface area contributed by atoms with Crippen LogP contribution >= 0.6 is 0 Å². The molecule has 0 aliphatic heterocycles. The van der Waals surface area contributed by atoms with Crippen LogP contribution in [0.2, 0.25) is 0 Å². The fourth-order valence-corrected chi connectivity index (χ4v) is 1.15. The molecule has 1 saturated carbocycles. The summed E-state index contributed by atoms with van der Waals surface area (Å²) >= 11 is 0. The van der Waals surface area contributed by atoms with Gasteiger partial charge in [0, 0.05) is 0 Å². The maximum absolute atomic E-state index is 8.46. The Hall–Kier alpha value is -0.600. The van der Waals surface area contributed by atoms with Crippen molar-refractivity contribution in [2.24, 2.45) is 11.8 Å². The highest BCUT2D eigenvalue weighted by Crippen LogP contribution is 2.40. The summed E-state index contributed by atoms with van der Waals surface area (Å²) in [6.45, 7) is 0.264. The summed E-state index contributed by atoms with van der Waals surface area (Å²) in [6.07, 6.45) is 8.78. The Labute approximate surface area is 66.9 Å². The monoisotopic (exact) mass is 154 g/mol. The molecule has 0 saturated heterocycles. The van der Waals surface area contributed by atoms with E-state index < -0.39 is 0 Å². The summed E-state index contributed by atoms with van der Waals surface area (Å²) < 4.78 is 0. The van der Waals surface area contributed by atoms with Crippen LogP contribution < -0.4 is 0 Å². The lowest BCUT2D eigenvalue weighted by Crippen LogP contribution is -1.77. The van der Waals surface area contributed by atoms with Crippen molar-refractivity contribution in [1.82, 2.24) is 0 Å². The molecule has 0 heterocycles. The molecule has 1 fully saturated rings. The van der Waals surface area contributed by atoms with E-state index in [4.69, 9.17) is 10.2 Å². The molecule has 0 unspecified atom stereocenters. The fourth-order valence-electron chi connectivity index (χ4n) is 1.15. The van der Waals surface area contributed by atoms with Crippen LogP contribution in [0.15, 0.2) is 24.3 Å². The Morgan fingerprint density at radius 3 is 1.82 bits per heavy atom. The van der Waals surface area contributed by atoms with E-state index >= 15 is 0 Å². The standard InChI is InChI=1S/C9H14O2/c10-5-1-3-8-7-9(8)4-2-6-11/h1-4,8-11H,5-7H2/b3-1+,4-2+/t8-,9-/m0/s1. The van der Waals surface area contributed by atoms with Gasteiger partial charge in [0.15, 0.2) is 0 Å². The van der Waals surface area contributed by atoms with E-state index in [0.29, 0.717) is 11.8 Å². The smallest absolute Gasteiger partial charge is 0.0612 e. The molecule has 1 rings (SSSR count). The second-order valence-corrected chi connectivity index (χ2v) is 2.78. The minimum Gasteiger partial charge on any atom is -0.392 e. The van der Waals surface area contributed by atoms with Gasteiger partial charge in [0.25, 0.3) is 0 Å². The minimum absolute atomic E-state index is 0.132. The van der Waals surface area contributed by atoms with Gasteiger partial charge in [-0.15, -0.1) is 0 Å². The van der Waals surface area contributed by atoms with E-state index in [1.54, 1.807) is 12.2 Å². The SMILES string of the molecule is OC/C=C/[C@H]1C[C@@H]1/C=C/CO. The van der Waals surface area contributed by atoms with E-state index in [9.17, 15) is 0 Å². The number of aliphatic hydroxyl groups excluding tert-OH is 2. The maximum atomic E-state index is 8.46. The number of hydrogen-bond donors (Lipinski definition) is 2. The van der Waals surface area contributed by atoms with Gasteiger partial charge in [-0.2, -0.15) is 0 Å². The highest BCUT2D eigenvalue weighted by molar-refractivity contribution is 5.10. The Kier molecular flexibility index (Phi) is 3.33. The van der Waals surface area contributed by atoms with Crippen molar-refractivity contribution in [1.29, 1.82) is 0 Å². The van der Waals surface area contributed by atoms with Crippen molar-refractivity contribution in [2.45, 2.75) is 6.42 Å². The first kappa shape index (κ1) is 8.50. The molecule has 1 aliphatic rings. The third-order valence-corrected chi connectivity index (χ3v) is 1.87. The van der Waals surface area contributed by atoms with Gasteiger partial charge >= 0.3 is 0 Å². The van der Waals surface area contributed by atoms with Gasteiger partial charge in [0.1, 0.15) is 0 Å². The van der Waals surface area contributed by atoms with Gasteiger partial charge in [-0.3, -0.25) is 0 Å². The van der Waals surface area contributed by atoms with Crippen LogP contribution in [0.5, 0.6) is 0 Å². The first-order chi connectivity index (χ1) is 5.38. The molecule has 0 aromatic rings. The first-order valence-electron chi connectivity index (χ1n) is 3.93. The third-order valence-electron chi connectivity index (χ3n) is 1.87. The summed E-state index contributed by atoms with van der Waals surface area (Å²) in [5.74, 6) is 1.20. The van der Waals surface area contributed by atoms with E-state index in [1.807, 2.05) is 12.2 Å². The molecular formula is C9H14O2. The number of rotatable bonds is 4. The topological polar surface area (TPSA) is 40.5 Å². The quantitative estimate of drug-likeness (QED) is 0.586. The van der Waals surface area contributed by atoms with Crippen LogP contribution in [0.4, 0.5) is 0 Å². The first-order valence-corrected chi connectivity index (χ1v) is 3.93. The largest absolute Gasteiger partial charge is 0.392 e. The van der Waals surface area contributed by atoms with E-state index in [-0.39, 0.29) is 13.2 Å². The molecule has 0 aromatic heterocycles. The van der Waals surface area contributed by atoms with E-state index in [1.165, 1.54) is 0 Å². The molecule has 11 heavy (non-hydrogen) atoms. The van der Waals surface area contributed by atoms with Crippen molar-refractivity contribution in [3.05, 3.63) is 24.3 Å². The fraction of sp³-hybridized carbons (Fsp3) is 0.556. The second kappa shape index (κ2) is 4.31. The predicted octanol–water partition coefficient (Wildman–Crippen LogP) is 0.720. The number of hydrogen-bond acceptors (Lipinski definition) is 2. The molecule has 2 nitrogen and oxygen atoms in total. The zero-order valence-electron chi connectivity index (χ0n) is 6.48. The van der Waals surface area contributed by atoms with Crippen molar-refractivity contribution in [2.75, 3.05) is 13.2 Å². The summed E-state index contributed by atoms with van der Waals surface area (Å²) in [7, 11) is 0. The predicted molar refractivity (Wildman–Crippen MR) is 44.0 cm³/mol. The van der Waals surface area contributed by atoms with Crippen LogP contribution in [0.3, 0.4) is 0 Å². The van der Waals surface area contributed by atoms with E-state index in [2.05, 4.69) is 0 Å². The molecule has 1 aliphatic carbocycles. The summed E-state index contributed by atoms with van der Waals surface area (Å²) in [4.78, 5) is 0. The Balaban J connectivity index is 2.16. The maximum Gasteiger partial charge on any atom is 0.0612 e. The van der Waals surface area contributed by atoms with Crippen LogP contribution in [0.1, 0.15) is 6.42 Å². The normalized spacial score (nSPS) is 30.4. The molecule has 2 atom stereocenters. The molecule has 62 valence electrons. The summed E-state index contributed by atoms with van der Waals surface area (Å²) in [5.41, 5.74) is 0. The van der Waals surface area contributed by atoms with Crippen molar-refractivity contribution >= 4 is 0 Å². The molecule has 0 amide bonds. The van der Waals surface area contributed by atoms with Crippen LogP contribution in [0.25, 0.3) is 0 Å². The van der Waals surface area contributed by atoms with Crippen molar-refractivity contribution < 1.29 is 10.2 Å². The number of allylic oxidation sites excluding steroid dienone is 2. The van der Waals surface area contributed by atoms with Crippen molar-refractivity contribution in [3.8, 4) is 0 Å². The highest BCUT2D eigenvalue weighted by Gasteiger charge is 2.31. The number of aliphatic hydroxyl groups is 2. The second-order valence-electron chi connectivity index (χ2n) is 2.78. The summed E-state index contributed by atoms with van der Waals surface area (Å²) in [5, 5.41) is 16.9. The zero-order chi connectivity index (χ0) is 8.10. The van der Waals surface area contributed by atoms with Crippen LogP contribution in [-0.4, -0.2) is 23.4 Å². The minimum atomic E-state index is 0.132. The molecule has 0 bridgehead atoms. The van der Waals surface area contributed by atoms with Gasteiger partial charge in [-0.1, -0.05) is 24.3 Å². The molecule has 0 aromatic carbocycles. The molecule has 0 spiro atoms. The molecule has 2 heteroatoms.